The maximum absolute atomic E-state index is 6.26. The second-order valence-electron chi connectivity index (χ2n) is 25.2. The van der Waals surface area contributed by atoms with Crippen LogP contribution in [0.4, 0.5) is 0 Å². The van der Waals surface area contributed by atoms with Crippen LogP contribution in [0.3, 0.4) is 0 Å². The predicted molar refractivity (Wildman–Crippen MR) is 419 cm³/mol. The van der Waals surface area contributed by atoms with Gasteiger partial charge < -0.3 is 8.98 Å². The Bertz CT molecular complexity index is 6780. The van der Waals surface area contributed by atoms with Gasteiger partial charge in [-0.3, -0.25) is 4.57 Å². The van der Waals surface area contributed by atoms with Gasteiger partial charge in [0.15, 0.2) is 29.1 Å². The zero-order chi connectivity index (χ0) is 66.5. The van der Waals surface area contributed by atoms with Crippen molar-refractivity contribution in [2.45, 2.75) is 0 Å². The molecule has 0 amide bonds. The Kier molecular flexibility index (Phi) is 13.7. The molecule has 0 spiro atoms. The van der Waals surface area contributed by atoms with Crippen LogP contribution >= 0.6 is 22.7 Å². The van der Waals surface area contributed by atoms with E-state index < -0.39 is 0 Å². The van der Waals surface area contributed by atoms with Crippen molar-refractivity contribution in [2.75, 3.05) is 0 Å². The number of benzene rings is 14. The van der Waals surface area contributed by atoms with Crippen LogP contribution in [0.5, 0.6) is 0 Å². The molecular weight excluding hydrogens is 1270 g/mol. The fourth-order valence-electron chi connectivity index (χ4n) is 14.7. The molecule has 0 aliphatic carbocycles. The van der Waals surface area contributed by atoms with Gasteiger partial charge in [-0.05, 0) is 107 Å². The third kappa shape index (κ3) is 9.88. The first-order valence-corrected chi connectivity index (χ1v) is 35.3. The lowest BCUT2D eigenvalue weighted by molar-refractivity contribution is 0.669. The SMILES string of the molecule is c1ccc(-c2nc(-c3cccc4oc5ccccc5c34)nc(-n3c4ccccc4c4cc(-c5cccc6c5sc5ccccc56)ccc43)n2)cc1.c1ccc(-c2nc(-c3ccccc3)nc(-c3ccc(-n4c5ccccc5c5cc(-c6cccc7c6sc6ccccc67)ccc54)cc3)n2)cc1. The monoisotopic (exact) mass is 1330 g/mol. The van der Waals surface area contributed by atoms with Gasteiger partial charge in [-0.25, -0.2) is 19.9 Å². The summed E-state index contributed by atoms with van der Waals surface area (Å²) in [4.78, 5) is 30.3. The van der Waals surface area contributed by atoms with Crippen molar-refractivity contribution in [3.8, 4) is 90.8 Å². The molecule has 472 valence electrons. The molecule has 11 heteroatoms. The van der Waals surface area contributed by atoms with Gasteiger partial charge >= 0.3 is 0 Å². The van der Waals surface area contributed by atoms with Crippen molar-refractivity contribution in [3.63, 3.8) is 0 Å². The summed E-state index contributed by atoms with van der Waals surface area (Å²) in [6.45, 7) is 0. The number of aromatic nitrogens is 8. The molecule has 0 saturated heterocycles. The first kappa shape index (κ1) is 58.1. The summed E-state index contributed by atoms with van der Waals surface area (Å²) in [6, 6.07) is 115. The zero-order valence-electron chi connectivity index (χ0n) is 54.0. The van der Waals surface area contributed by atoms with Crippen LogP contribution < -0.4 is 0 Å². The zero-order valence-corrected chi connectivity index (χ0v) is 55.6. The Morgan fingerprint density at radius 1 is 0.238 bits per heavy atom. The normalized spacial score (nSPS) is 11.8. The lowest BCUT2D eigenvalue weighted by Gasteiger charge is -2.11. The number of hydrogen-bond acceptors (Lipinski definition) is 9. The van der Waals surface area contributed by atoms with Gasteiger partial charge in [0.05, 0.1) is 22.1 Å². The fourth-order valence-corrected chi connectivity index (χ4v) is 17.2. The molecule has 0 atom stereocenters. The standard InChI is InChI=1S/C45H26N4OS.C45H28N4S/c1-2-12-27(13-3-1)43-46-44(34-19-11-22-39-41(34)33-16-5-8-21-38(33)50-39)48-45(47-43)49-36-20-7-4-14-30(36)35-26-28(24-25-37(35)49)29-17-10-18-32-31-15-6-9-23-40(31)51-42(29)32;1-3-12-29(13-4-1)43-46-44(30-14-5-2-6-15-30)48-45(47-43)31-22-25-33(26-23-31)49-39-20-9-7-16-35(39)38-28-32(24-27-40(38)49)34-18-11-19-37-36-17-8-10-21-41(36)50-42(34)37/h1-26H;1-28H. The van der Waals surface area contributed by atoms with E-state index in [2.05, 4.69) is 215 Å². The number of hydrogen-bond donors (Lipinski definition) is 0. The Hall–Kier alpha value is -13.1. The van der Waals surface area contributed by atoms with Gasteiger partial charge in [0, 0.05) is 106 Å². The number of fused-ring (bicyclic) bond motifs is 15. The minimum absolute atomic E-state index is 0.564. The van der Waals surface area contributed by atoms with Gasteiger partial charge in [0.2, 0.25) is 5.95 Å². The van der Waals surface area contributed by atoms with Gasteiger partial charge in [0.25, 0.3) is 0 Å². The summed E-state index contributed by atoms with van der Waals surface area (Å²) in [5.74, 6) is 3.72. The molecule has 9 nitrogen and oxygen atoms in total. The first-order valence-electron chi connectivity index (χ1n) is 33.6. The third-order valence-corrected chi connectivity index (χ3v) is 21.8. The summed E-state index contributed by atoms with van der Waals surface area (Å²) < 4.78 is 16.1. The topological polar surface area (TPSA) is 100 Å². The molecule has 0 aliphatic rings. The minimum atomic E-state index is 0.564. The first-order chi connectivity index (χ1) is 50.1. The summed E-state index contributed by atoms with van der Waals surface area (Å²) >= 11 is 3.73. The largest absolute Gasteiger partial charge is 0.456 e. The number of thiophene rings is 2. The van der Waals surface area contributed by atoms with Crippen LogP contribution in [0.2, 0.25) is 0 Å². The molecule has 7 heterocycles. The summed E-state index contributed by atoms with van der Waals surface area (Å²) in [7, 11) is 0. The Morgan fingerprint density at radius 2 is 0.614 bits per heavy atom. The van der Waals surface area contributed by atoms with E-state index in [-0.39, 0.29) is 0 Å². The third-order valence-electron chi connectivity index (χ3n) is 19.4. The molecule has 0 unspecified atom stereocenters. The van der Waals surface area contributed by atoms with E-state index in [1.54, 1.807) is 0 Å². The molecule has 101 heavy (non-hydrogen) atoms. The highest BCUT2D eigenvalue weighted by Gasteiger charge is 2.23. The van der Waals surface area contributed by atoms with Gasteiger partial charge in [-0.15, -0.1) is 22.7 Å². The average molecular weight is 1330 g/mol. The van der Waals surface area contributed by atoms with Crippen molar-refractivity contribution in [1.29, 1.82) is 0 Å². The molecule has 21 rings (SSSR count). The molecule has 14 aromatic carbocycles. The van der Waals surface area contributed by atoms with Gasteiger partial charge in [-0.1, -0.05) is 243 Å². The Labute approximate surface area is 586 Å². The van der Waals surface area contributed by atoms with Crippen LogP contribution in [0, 0.1) is 0 Å². The maximum Gasteiger partial charge on any atom is 0.238 e. The molecule has 0 aliphatic heterocycles. The van der Waals surface area contributed by atoms with Crippen LogP contribution in [0.25, 0.3) is 197 Å². The van der Waals surface area contributed by atoms with Crippen LogP contribution in [-0.2, 0) is 0 Å². The lowest BCUT2D eigenvalue weighted by atomic mass is 10.0. The highest BCUT2D eigenvalue weighted by molar-refractivity contribution is 7.26. The van der Waals surface area contributed by atoms with Crippen LogP contribution in [0.15, 0.2) is 332 Å². The summed E-state index contributed by atoms with van der Waals surface area (Å²) in [5, 5.41) is 12.0. The van der Waals surface area contributed by atoms with E-state index in [0.29, 0.717) is 35.1 Å². The lowest BCUT2D eigenvalue weighted by Crippen LogP contribution is -2.06. The fraction of sp³-hybridized carbons (Fsp3) is 0. The molecule has 0 radical (unpaired) electrons. The van der Waals surface area contributed by atoms with E-state index in [1.165, 1.54) is 84.4 Å². The molecule has 0 N–H and O–H groups in total. The predicted octanol–water partition coefficient (Wildman–Crippen LogP) is 24.2. The summed E-state index contributed by atoms with van der Waals surface area (Å²) in [6.07, 6.45) is 0. The van der Waals surface area contributed by atoms with Crippen LogP contribution in [0.1, 0.15) is 0 Å². The van der Waals surface area contributed by atoms with E-state index in [4.69, 9.17) is 34.3 Å². The molecule has 0 saturated carbocycles. The molecule has 7 aromatic heterocycles. The summed E-state index contributed by atoms with van der Waals surface area (Å²) in [5.41, 5.74) is 16.7. The second kappa shape index (κ2) is 23.9. The van der Waals surface area contributed by atoms with Crippen molar-refractivity contribution < 1.29 is 4.42 Å². The highest BCUT2D eigenvalue weighted by atomic mass is 32.1. The average Bonchev–Trinajstić information content (AvgIpc) is 1.60. The highest BCUT2D eigenvalue weighted by Crippen LogP contribution is 2.45. The quantitative estimate of drug-likeness (QED) is 0.142. The van der Waals surface area contributed by atoms with E-state index in [1.807, 2.05) is 144 Å². The van der Waals surface area contributed by atoms with Crippen molar-refractivity contribution in [3.05, 3.63) is 328 Å². The smallest absolute Gasteiger partial charge is 0.238 e. The number of para-hydroxylation sites is 3. The number of nitrogens with zero attached hydrogens (tertiary/aromatic N) is 8. The van der Waals surface area contributed by atoms with Crippen molar-refractivity contribution in [1.82, 2.24) is 39.0 Å². The van der Waals surface area contributed by atoms with E-state index in [9.17, 15) is 0 Å². The second-order valence-corrected chi connectivity index (χ2v) is 27.3. The molecule has 21 aromatic rings. The Balaban J connectivity index is 0.000000136. The van der Waals surface area contributed by atoms with E-state index >= 15 is 0 Å². The van der Waals surface area contributed by atoms with Gasteiger partial charge in [0.1, 0.15) is 11.2 Å². The molecular formula is C90H54N8OS2. The molecule has 0 fully saturated rings. The Morgan fingerprint density at radius 3 is 1.17 bits per heavy atom. The van der Waals surface area contributed by atoms with Gasteiger partial charge in [-0.2, -0.15) is 9.97 Å². The van der Waals surface area contributed by atoms with Crippen LogP contribution in [-0.4, -0.2) is 39.0 Å². The molecule has 0 bridgehead atoms. The van der Waals surface area contributed by atoms with Crippen molar-refractivity contribution in [2.24, 2.45) is 0 Å². The minimum Gasteiger partial charge on any atom is -0.456 e. The number of furan rings is 1. The maximum atomic E-state index is 6.26. The van der Waals surface area contributed by atoms with E-state index in [0.717, 1.165) is 77.2 Å². The van der Waals surface area contributed by atoms with Crippen molar-refractivity contribution >= 4 is 129 Å². The number of rotatable bonds is 9.